The molecule has 0 saturated carbocycles. The Morgan fingerprint density at radius 2 is 2.67 bits per heavy atom. The summed E-state index contributed by atoms with van der Waals surface area (Å²) in [7, 11) is 0. The number of pyridine rings is 1. The maximum Gasteiger partial charge on any atom is 0.0931 e. The van der Waals surface area contributed by atoms with Gasteiger partial charge in [0, 0.05) is 6.20 Å². The molecule has 0 N–H and O–H groups in total. The molecular weight excluding hydrogens is 112 g/mol. The van der Waals surface area contributed by atoms with E-state index >= 15 is 0 Å². The Hall–Kier alpha value is -1.36. The lowest BCUT2D eigenvalue weighted by Crippen LogP contribution is -1.80. The smallest absolute Gasteiger partial charge is 0.0931 e. The highest BCUT2D eigenvalue weighted by Gasteiger charge is 1.86. The molecule has 1 radical (unpaired) electrons. The molecule has 0 aliphatic rings. The molecule has 0 saturated heterocycles. The summed E-state index contributed by atoms with van der Waals surface area (Å²) >= 11 is 0. The third kappa shape index (κ3) is 1.54. The van der Waals surface area contributed by atoms with Crippen molar-refractivity contribution in [3.63, 3.8) is 0 Å². The van der Waals surface area contributed by atoms with Crippen LogP contribution in [0.15, 0.2) is 18.3 Å². The molecule has 1 rings (SSSR count). The van der Waals surface area contributed by atoms with Crippen molar-refractivity contribution in [3.05, 3.63) is 30.1 Å². The molecule has 2 nitrogen and oxygen atoms in total. The van der Waals surface area contributed by atoms with E-state index in [-0.39, 0.29) is 0 Å². The molecule has 0 aliphatic carbocycles. The first kappa shape index (κ1) is 5.77. The van der Waals surface area contributed by atoms with Crippen LogP contribution in [0.1, 0.15) is 5.56 Å². The second-order valence-corrected chi connectivity index (χ2v) is 1.61. The highest BCUT2D eigenvalue weighted by Crippen LogP contribution is 1.93. The van der Waals surface area contributed by atoms with Crippen molar-refractivity contribution in [1.82, 2.24) is 4.98 Å². The van der Waals surface area contributed by atoms with Gasteiger partial charge in [-0.2, -0.15) is 5.26 Å². The van der Waals surface area contributed by atoms with E-state index in [9.17, 15) is 0 Å². The first-order valence-corrected chi connectivity index (χ1v) is 2.62. The number of rotatable bonds is 1. The van der Waals surface area contributed by atoms with E-state index in [0.717, 1.165) is 5.56 Å². The van der Waals surface area contributed by atoms with E-state index < -0.39 is 0 Å². The van der Waals surface area contributed by atoms with Gasteiger partial charge in [-0.15, -0.1) is 0 Å². The average Bonchev–Trinajstić information content (AvgIpc) is 1.91. The van der Waals surface area contributed by atoms with Crippen LogP contribution < -0.4 is 0 Å². The van der Waals surface area contributed by atoms with Gasteiger partial charge in [0.15, 0.2) is 0 Å². The Bertz CT molecular complexity index is 210. The minimum Gasteiger partial charge on any atom is -0.254 e. The molecule has 9 heavy (non-hydrogen) atoms. The topological polar surface area (TPSA) is 36.7 Å². The number of hydrogen-bond donors (Lipinski definition) is 0. The van der Waals surface area contributed by atoms with Gasteiger partial charge in [0.05, 0.1) is 18.7 Å². The summed E-state index contributed by atoms with van der Waals surface area (Å²) in [4.78, 5) is 3.73. The zero-order chi connectivity index (χ0) is 6.53. The number of nitriles is 1. The van der Waals surface area contributed by atoms with Crippen molar-refractivity contribution in [2.45, 2.75) is 6.42 Å². The Balaban J connectivity index is 2.76. The molecule has 0 atom stereocenters. The molecule has 43 valence electrons. The SMILES string of the molecule is N#CCc1[c]nccc1. The van der Waals surface area contributed by atoms with Crippen molar-refractivity contribution in [3.8, 4) is 6.07 Å². The Morgan fingerprint density at radius 1 is 1.78 bits per heavy atom. The van der Waals surface area contributed by atoms with Gasteiger partial charge >= 0.3 is 0 Å². The van der Waals surface area contributed by atoms with Crippen LogP contribution >= 0.6 is 0 Å². The Morgan fingerprint density at radius 3 is 3.22 bits per heavy atom. The summed E-state index contributed by atoms with van der Waals surface area (Å²) < 4.78 is 0. The van der Waals surface area contributed by atoms with Crippen molar-refractivity contribution in [2.24, 2.45) is 0 Å². The fourth-order valence-electron chi connectivity index (χ4n) is 0.543. The molecule has 1 heterocycles. The zero-order valence-electron chi connectivity index (χ0n) is 4.83. The lowest BCUT2D eigenvalue weighted by Gasteiger charge is -1.86. The quantitative estimate of drug-likeness (QED) is 0.549. The summed E-state index contributed by atoms with van der Waals surface area (Å²) in [6.45, 7) is 0. The van der Waals surface area contributed by atoms with E-state index in [1.807, 2.05) is 12.1 Å². The summed E-state index contributed by atoms with van der Waals surface area (Å²) in [6.07, 6.45) is 4.73. The average molecular weight is 117 g/mol. The highest BCUT2D eigenvalue weighted by atomic mass is 14.6. The van der Waals surface area contributed by atoms with Crippen molar-refractivity contribution >= 4 is 0 Å². The van der Waals surface area contributed by atoms with E-state index in [0.29, 0.717) is 6.42 Å². The molecule has 0 spiro atoms. The largest absolute Gasteiger partial charge is 0.254 e. The molecule has 0 amide bonds. The van der Waals surface area contributed by atoms with Gasteiger partial charge in [-0.1, -0.05) is 6.07 Å². The lowest BCUT2D eigenvalue weighted by molar-refractivity contribution is 1.18. The Labute approximate surface area is 53.8 Å². The van der Waals surface area contributed by atoms with Gasteiger partial charge in [-0.05, 0) is 11.6 Å². The first-order chi connectivity index (χ1) is 4.43. The molecule has 1 aromatic heterocycles. The molecule has 1 aromatic rings. The van der Waals surface area contributed by atoms with E-state index in [2.05, 4.69) is 11.2 Å². The molecule has 0 bridgehead atoms. The Kier molecular flexibility index (Phi) is 1.81. The van der Waals surface area contributed by atoms with Crippen LogP contribution in [0, 0.1) is 17.5 Å². The number of nitrogens with zero attached hydrogens (tertiary/aromatic N) is 2. The maximum absolute atomic E-state index is 8.22. The van der Waals surface area contributed by atoms with Crippen LogP contribution in [0.3, 0.4) is 0 Å². The molecule has 0 aliphatic heterocycles. The van der Waals surface area contributed by atoms with Crippen LogP contribution in [0.5, 0.6) is 0 Å². The van der Waals surface area contributed by atoms with Crippen LogP contribution in [-0.4, -0.2) is 4.98 Å². The maximum atomic E-state index is 8.22. The van der Waals surface area contributed by atoms with Crippen LogP contribution in [0.4, 0.5) is 0 Å². The molecular formula is C7H5N2. The second kappa shape index (κ2) is 2.83. The summed E-state index contributed by atoms with van der Waals surface area (Å²) in [5, 5.41) is 8.22. The molecule has 0 aromatic carbocycles. The van der Waals surface area contributed by atoms with Gasteiger partial charge < -0.3 is 0 Å². The van der Waals surface area contributed by atoms with E-state index in [1.165, 1.54) is 0 Å². The normalized spacial score (nSPS) is 8.33. The third-order valence-corrected chi connectivity index (χ3v) is 0.936. The van der Waals surface area contributed by atoms with Crippen LogP contribution in [-0.2, 0) is 6.42 Å². The van der Waals surface area contributed by atoms with Gasteiger partial charge in [-0.25, -0.2) is 0 Å². The van der Waals surface area contributed by atoms with E-state index in [4.69, 9.17) is 5.26 Å². The zero-order valence-corrected chi connectivity index (χ0v) is 4.83. The van der Waals surface area contributed by atoms with Gasteiger partial charge in [0.2, 0.25) is 0 Å². The number of hydrogen-bond acceptors (Lipinski definition) is 2. The summed E-state index contributed by atoms with van der Waals surface area (Å²) in [5.74, 6) is 0. The third-order valence-electron chi connectivity index (χ3n) is 0.936. The fourth-order valence-corrected chi connectivity index (χ4v) is 0.543. The van der Waals surface area contributed by atoms with Gasteiger partial charge in [-0.3, -0.25) is 4.98 Å². The van der Waals surface area contributed by atoms with Gasteiger partial charge in [0.25, 0.3) is 0 Å². The standard InChI is InChI=1S/C7H5N2/c8-4-3-7-2-1-5-9-6-7/h1-2,5H,3H2. The first-order valence-electron chi connectivity index (χ1n) is 2.62. The predicted molar refractivity (Wildman–Crippen MR) is 32.4 cm³/mol. The van der Waals surface area contributed by atoms with E-state index in [1.54, 1.807) is 12.3 Å². The van der Waals surface area contributed by atoms with Gasteiger partial charge in [0.1, 0.15) is 0 Å². The molecule has 0 unspecified atom stereocenters. The fraction of sp³-hybridized carbons (Fsp3) is 0.143. The summed E-state index contributed by atoms with van der Waals surface area (Å²) in [6, 6.07) is 5.64. The van der Waals surface area contributed by atoms with Crippen LogP contribution in [0.2, 0.25) is 0 Å². The molecule has 0 fully saturated rings. The van der Waals surface area contributed by atoms with Crippen LogP contribution in [0.25, 0.3) is 0 Å². The lowest BCUT2D eigenvalue weighted by atomic mass is 10.2. The minimum atomic E-state index is 0.397. The highest BCUT2D eigenvalue weighted by molar-refractivity contribution is 5.11. The predicted octanol–water partition coefficient (Wildman–Crippen LogP) is 0.948. The molecule has 2 heteroatoms. The van der Waals surface area contributed by atoms with Crippen molar-refractivity contribution < 1.29 is 0 Å². The number of aromatic nitrogens is 1. The minimum absolute atomic E-state index is 0.397. The monoisotopic (exact) mass is 117 g/mol. The summed E-state index contributed by atoms with van der Waals surface area (Å²) in [5.41, 5.74) is 0.847. The second-order valence-electron chi connectivity index (χ2n) is 1.61. The van der Waals surface area contributed by atoms with Crippen molar-refractivity contribution in [1.29, 1.82) is 5.26 Å². The van der Waals surface area contributed by atoms with Crippen molar-refractivity contribution in [2.75, 3.05) is 0 Å².